The van der Waals surface area contributed by atoms with Crippen LogP contribution in [0.5, 0.6) is 0 Å². The van der Waals surface area contributed by atoms with Crippen molar-refractivity contribution in [2.24, 2.45) is 0 Å². The first-order valence-corrected chi connectivity index (χ1v) is 8.76. The molecule has 0 unspecified atom stereocenters. The van der Waals surface area contributed by atoms with Crippen LogP contribution >= 0.6 is 11.6 Å². The number of fused-ring (bicyclic) bond motifs is 1. The van der Waals surface area contributed by atoms with Crippen LogP contribution in [-0.2, 0) is 16.0 Å². The van der Waals surface area contributed by atoms with Crippen molar-refractivity contribution < 1.29 is 9.59 Å². The first-order valence-electron chi connectivity index (χ1n) is 8.38. The molecule has 24 heavy (non-hydrogen) atoms. The Labute approximate surface area is 146 Å². The molecule has 3 N–H and O–H groups in total. The summed E-state index contributed by atoms with van der Waals surface area (Å²) in [5.74, 6) is -0.277. The zero-order valence-corrected chi connectivity index (χ0v) is 14.5. The number of carbonyl (C=O) groups is 2. The van der Waals surface area contributed by atoms with Gasteiger partial charge in [0.25, 0.3) is 0 Å². The van der Waals surface area contributed by atoms with Gasteiger partial charge >= 0.3 is 0 Å². The molecule has 6 heteroatoms. The number of benzene rings is 1. The van der Waals surface area contributed by atoms with E-state index < -0.39 is 6.04 Å². The Hall–Kier alpha value is -2.01. The molecule has 1 atom stereocenters. The molecule has 2 amide bonds. The van der Waals surface area contributed by atoms with Crippen molar-refractivity contribution in [3.63, 3.8) is 0 Å². The quantitative estimate of drug-likeness (QED) is 0.778. The Balaban J connectivity index is 1.56. The number of hydrogen-bond donors (Lipinski definition) is 3. The number of aromatic amines is 1. The van der Waals surface area contributed by atoms with Crippen LogP contribution in [0.1, 0.15) is 38.2 Å². The largest absolute Gasteiger partial charge is 0.361 e. The molecular formula is C18H22ClN3O2. The number of carbonyl (C=O) groups excluding carboxylic acids is 2. The van der Waals surface area contributed by atoms with E-state index in [1.54, 1.807) is 13.0 Å². The highest BCUT2D eigenvalue weighted by Crippen LogP contribution is 2.22. The van der Waals surface area contributed by atoms with Crippen LogP contribution in [0.25, 0.3) is 10.9 Å². The third kappa shape index (κ3) is 3.90. The van der Waals surface area contributed by atoms with Crippen LogP contribution in [-0.4, -0.2) is 28.9 Å². The van der Waals surface area contributed by atoms with Crippen LogP contribution < -0.4 is 10.6 Å². The summed E-state index contributed by atoms with van der Waals surface area (Å²) in [4.78, 5) is 27.5. The van der Waals surface area contributed by atoms with Gasteiger partial charge in [0.2, 0.25) is 11.8 Å². The molecule has 2 aromatic rings. The number of aromatic nitrogens is 1. The molecule has 5 nitrogen and oxygen atoms in total. The van der Waals surface area contributed by atoms with E-state index in [0.717, 1.165) is 42.1 Å². The first kappa shape index (κ1) is 16.8. The average molecular weight is 348 g/mol. The van der Waals surface area contributed by atoms with Gasteiger partial charge in [0, 0.05) is 28.2 Å². The van der Waals surface area contributed by atoms with Crippen molar-refractivity contribution in [3.8, 4) is 0 Å². The highest BCUT2D eigenvalue weighted by Gasteiger charge is 2.22. The van der Waals surface area contributed by atoms with Gasteiger partial charge in [0.1, 0.15) is 6.04 Å². The Morgan fingerprint density at radius 1 is 1.33 bits per heavy atom. The zero-order chi connectivity index (χ0) is 17.1. The smallest absolute Gasteiger partial charge is 0.242 e. The van der Waals surface area contributed by atoms with Crippen molar-refractivity contribution in [2.75, 3.05) is 0 Å². The molecule has 128 valence electrons. The van der Waals surface area contributed by atoms with Crippen molar-refractivity contribution in [3.05, 3.63) is 35.0 Å². The second-order valence-corrected chi connectivity index (χ2v) is 6.90. The van der Waals surface area contributed by atoms with E-state index in [1.165, 1.54) is 0 Å². The molecular weight excluding hydrogens is 326 g/mol. The molecule has 3 rings (SSSR count). The second kappa shape index (κ2) is 7.26. The van der Waals surface area contributed by atoms with Gasteiger partial charge < -0.3 is 15.6 Å². The molecule has 0 saturated heterocycles. The summed E-state index contributed by atoms with van der Waals surface area (Å²) in [5.41, 5.74) is 1.79. The topological polar surface area (TPSA) is 74.0 Å². The SMILES string of the molecule is C[C@@H](NC(=O)Cc1c[nH]c2cc(Cl)ccc12)C(=O)NC1CCCC1. The Morgan fingerprint density at radius 3 is 2.83 bits per heavy atom. The van der Waals surface area contributed by atoms with Crippen LogP contribution in [0, 0.1) is 0 Å². The van der Waals surface area contributed by atoms with Crippen LogP contribution in [0.3, 0.4) is 0 Å². The van der Waals surface area contributed by atoms with Gasteiger partial charge in [0.15, 0.2) is 0 Å². The maximum Gasteiger partial charge on any atom is 0.242 e. The normalized spacial score (nSPS) is 16.2. The lowest BCUT2D eigenvalue weighted by Gasteiger charge is -2.17. The lowest BCUT2D eigenvalue weighted by atomic mass is 10.1. The molecule has 0 bridgehead atoms. The van der Waals surface area contributed by atoms with Crippen LogP contribution in [0.2, 0.25) is 5.02 Å². The van der Waals surface area contributed by atoms with Crippen molar-refractivity contribution in [1.82, 2.24) is 15.6 Å². The minimum atomic E-state index is -0.530. The number of amides is 2. The molecule has 0 radical (unpaired) electrons. The lowest BCUT2D eigenvalue weighted by Crippen LogP contribution is -2.47. The molecule has 1 aliphatic carbocycles. The van der Waals surface area contributed by atoms with E-state index in [2.05, 4.69) is 15.6 Å². The Bertz CT molecular complexity index is 750. The van der Waals surface area contributed by atoms with Gasteiger partial charge in [0.05, 0.1) is 6.42 Å². The summed E-state index contributed by atoms with van der Waals surface area (Å²) in [6.45, 7) is 1.72. The molecule has 1 heterocycles. The molecule has 1 saturated carbocycles. The third-order valence-electron chi connectivity index (χ3n) is 4.55. The summed E-state index contributed by atoms with van der Waals surface area (Å²) in [7, 11) is 0. The summed E-state index contributed by atoms with van der Waals surface area (Å²) in [6.07, 6.45) is 6.42. The predicted molar refractivity (Wildman–Crippen MR) is 95.0 cm³/mol. The zero-order valence-electron chi connectivity index (χ0n) is 13.7. The molecule has 1 aromatic carbocycles. The summed E-state index contributed by atoms with van der Waals surface area (Å²) in [6, 6.07) is 5.26. The van der Waals surface area contributed by atoms with E-state index in [9.17, 15) is 9.59 Å². The number of H-pyrrole nitrogens is 1. The maximum atomic E-state index is 12.2. The fourth-order valence-electron chi connectivity index (χ4n) is 3.23. The number of nitrogens with one attached hydrogen (secondary N) is 3. The van der Waals surface area contributed by atoms with Gasteiger partial charge in [-0.15, -0.1) is 0 Å². The van der Waals surface area contributed by atoms with Gasteiger partial charge in [-0.2, -0.15) is 0 Å². The van der Waals surface area contributed by atoms with E-state index >= 15 is 0 Å². The van der Waals surface area contributed by atoms with Gasteiger partial charge in [-0.25, -0.2) is 0 Å². The average Bonchev–Trinajstić information content (AvgIpc) is 3.17. The monoisotopic (exact) mass is 347 g/mol. The summed E-state index contributed by atoms with van der Waals surface area (Å²) in [5, 5.41) is 7.40. The lowest BCUT2D eigenvalue weighted by molar-refractivity contribution is -0.128. The molecule has 0 spiro atoms. The highest BCUT2D eigenvalue weighted by molar-refractivity contribution is 6.31. The maximum absolute atomic E-state index is 12.2. The van der Waals surface area contributed by atoms with E-state index in [1.807, 2.05) is 18.3 Å². The van der Waals surface area contributed by atoms with Gasteiger partial charge in [-0.1, -0.05) is 30.5 Å². The van der Waals surface area contributed by atoms with Gasteiger partial charge in [-0.3, -0.25) is 9.59 Å². The Kier molecular flexibility index (Phi) is 5.09. The molecule has 0 aliphatic heterocycles. The van der Waals surface area contributed by atoms with E-state index in [4.69, 9.17) is 11.6 Å². The van der Waals surface area contributed by atoms with Crippen molar-refractivity contribution in [2.45, 2.75) is 51.1 Å². The Morgan fingerprint density at radius 2 is 2.08 bits per heavy atom. The standard InChI is InChI=1S/C18H22ClN3O2/c1-11(18(24)22-14-4-2-3-5-14)21-17(23)8-12-10-20-16-9-13(19)6-7-15(12)16/h6-7,9-11,14,20H,2-5,8H2,1H3,(H,21,23)(H,22,24)/t11-/m1/s1. The predicted octanol–water partition coefficient (Wildman–Crippen LogP) is 2.93. The number of hydrogen-bond acceptors (Lipinski definition) is 2. The van der Waals surface area contributed by atoms with Crippen molar-refractivity contribution >= 4 is 34.3 Å². The van der Waals surface area contributed by atoms with E-state index in [-0.39, 0.29) is 24.3 Å². The fourth-order valence-corrected chi connectivity index (χ4v) is 3.40. The third-order valence-corrected chi connectivity index (χ3v) is 4.79. The van der Waals surface area contributed by atoms with Crippen LogP contribution in [0.15, 0.2) is 24.4 Å². The molecule has 1 aromatic heterocycles. The molecule has 1 aliphatic rings. The summed E-state index contributed by atoms with van der Waals surface area (Å²) >= 11 is 5.96. The minimum Gasteiger partial charge on any atom is -0.361 e. The number of rotatable bonds is 5. The van der Waals surface area contributed by atoms with Crippen molar-refractivity contribution in [1.29, 1.82) is 0 Å². The minimum absolute atomic E-state index is 0.110. The van der Waals surface area contributed by atoms with Crippen LogP contribution in [0.4, 0.5) is 0 Å². The fraction of sp³-hybridized carbons (Fsp3) is 0.444. The van der Waals surface area contributed by atoms with Gasteiger partial charge in [-0.05, 0) is 37.5 Å². The first-order chi connectivity index (χ1) is 11.5. The number of halogens is 1. The second-order valence-electron chi connectivity index (χ2n) is 6.46. The summed E-state index contributed by atoms with van der Waals surface area (Å²) < 4.78 is 0. The highest BCUT2D eigenvalue weighted by atomic mass is 35.5. The van der Waals surface area contributed by atoms with E-state index in [0.29, 0.717) is 5.02 Å². The molecule has 1 fully saturated rings.